The van der Waals surface area contributed by atoms with Crippen LogP contribution in [-0.2, 0) is 0 Å². The molecule has 1 aliphatic carbocycles. The zero-order chi connectivity index (χ0) is 11.8. The van der Waals surface area contributed by atoms with Gasteiger partial charge in [-0.1, -0.05) is 41.6 Å². The fourth-order valence-electron chi connectivity index (χ4n) is 2.40. The van der Waals surface area contributed by atoms with Crippen molar-refractivity contribution in [3.8, 4) is 11.1 Å². The third-order valence-electron chi connectivity index (χ3n) is 3.14. The van der Waals surface area contributed by atoms with E-state index in [1.54, 1.807) is 0 Å². The van der Waals surface area contributed by atoms with Gasteiger partial charge in [-0.2, -0.15) is 0 Å². The highest BCUT2D eigenvalue weighted by Gasteiger charge is 2.27. The van der Waals surface area contributed by atoms with Crippen molar-refractivity contribution in [2.45, 2.75) is 0 Å². The number of nitrogens with zero attached hydrogens (tertiary/aromatic N) is 1. The van der Waals surface area contributed by atoms with Gasteiger partial charge in [0.15, 0.2) is 0 Å². The van der Waals surface area contributed by atoms with E-state index < -0.39 is 0 Å². The van der Waals surface area contributed by atoms with Crippen molar-refractivity contribution in [2.75, 3.05) is 12.4 Å². The third kappa shape index (κ3) is 1.25. The number of rotatable bonds is 1. The SMILES string of the molecule is CNc1cccc2c1/C(=N\O)c1ccccc1-2. The summed E-state index contributed by atoms with van der Waals surface area (Å²) in [6, 6.07) is 14.0. The van der Waals surface area contributed by atoms with Crippen molar-refractivity contribution in [3.05, 3.63) is 53.6 Å². The van der Waals surface area contributed by atoms with Crippen LogP contribution in [0.3, 0.4) is 0 Å². The van der Waals surface area contributed by atoms with Crippen molar-refractivity contribution < 1.29 is 5.21 Å². The molecule has 0 amide bonds. The second-order valence-corrected chi connectivity index (χ2v) is 3.97. The van der Waals surface area contributed by atoms with Crippen LogP contribution >= 0.6 is 0 Å². The van der Waals surface area contributed by atoms with Gasteiger partial charge in [-0.3, -0.25) is 0 Å². The molecule has 0 aliphatic heterocycles. The summed E-state index contributed by atoms with van der Waals surface area (Å²) in [4.78, 5) is 0. The number of fused-ring (bicyclic) bond motifs is 3. The van der Waals surface area contributed by atoms with Crippen LogP contribution in [-0.4, -0.2) is 18.0 Å². The van der Waals surface area contributed by atoms with Crippen LogP contribution in [0.4, 0.5) is 5.69 Å². The Morgan fingerprint density at radius 3 is 2.35 bits per heavy atom. The molecule has 3 rings (SSSR count). The molecule has 3 nitrogen and oxygen atoms in total. The maximum atomic E-state index is 9.24. The van der Waals surface area contributed by atoms with E-state index in [0.29, 0.717) is 5.71 Å². The van der Waals surface area contributed by atoms with E-state index in [1.165, 1.54) is 0 Å². The third-order valence-corrected chi connectivity index (χ3v) is 3.14. The number of nitrogens with one attached hydrogen (secondary N) is 1. The Labute approximate surface area is 99.4 Å². The molecule has 2 aromatic carbocycles. The van der Waals surface area contributed by atoms with E-state index in [-0.39, 0.29) is 0 Å². The Bertz CT molecular complexity index is 617. The van der Waals surface area contributed by atoms with E-state index in [2.05, 4.69) is 10.5 Å². The molecule has 0 saturated carbocycles. The Hall–Kier alpha value is -2.29. The monoisotopic (exact) mass is 224 g/mol. The first-order chi connectivity index (χ1) is 8.36. The van der Waals surface area contributed by atoms with E-state index >= 15 is 0 Å². The molecule has 17 heavy (non-hydrogen) atoms. The molecule has 0 heterocycles. The molecular weight excluding hydrogens is 212 g/mol. The van der Waals surface area contributed by atoms with Crippen LogP contribution in [0.1, 0.15) is 11.1 Å². The predicted molar refractivity (Wildman–Crippen MR) is 68.9 cm³/mol. The van der Waals surface area contributed by atoms with Gasteiger partial charge in [-0.05, 0) is 17.2 Å². The lowest BCUT2D eigenvalue weighted by atomic mass is 10.0. The summed E-state index contributed by atoms with van der Waals surface area (Å²) >= 11 is 0. The Morgan fingerprint density at radius 1 is 0.941 bits per heavy atom. The lowest BCUT2D eigenvalue weighted by Gasteiger charge is -2.07. The van der Waals surface area contributed by atoms with Crippen LogP contribution in [0, 0.1) is 0 Å². The summed E-state index contributed by atoms with van der Waals surface area (Å²) < 4.78 is 0. The first-order valence-electron chi connectivity index (χ1n) is 5.49. The average Bonchev–Trinajstić information content (AvgIpc) is 2.72. The molecule has 2 N–H and O–H groups in total. The Balaban J connectivity index is 2.39. The molecule has 2 aromatic rings. The summed E-state index contributed by atoms with van der Waals surface area (Å²) in [6.07, 6.45) is 0. The highest BCUT2D eigenvalue weighted by atomic mass is 16.4. The van der Waals surface area contributed by atoms with Crippen LogP contribution in [0.2, 0.25) is 0 Å². The first-order valence-corrected chi connectivity index (χ1v) is 5.49. The first kappa shape index (κ1) is 9.90. The van der Waals surface area contributed by atoms with Crippen LogP contribution in [0.15, 0.2) is 47.6 Å². The molecule has 1 aliphatic rings. The molecule has 0 fully saturated rings. The fraction of sp³-hybridized carbons (Fsp3) is 0.0714. The Kier molecular flexibility index (Phi) is 2.11. The average molecular weight is 224 g/mol. The van der Waals surface area contributed by atoms with Crippen LogP contribution in [0.5, 0.6) is 0 Å². The van der Waals surface area contributed by atoms with E-state index in [9.17, 15) is 5.21 Å². The van der Waals surface area contributed by atoms with Gasteiger partial charge in [-0.15, -0.1) is 0 Å². The van der Waals surface area contributed by atoms with Gasteiger partial charge in [0.05, 0.1) is 0 Å². The fourth-order valence-corrected chi connectivity index (χ4v) is 2.40. The molecule has 84 valence electrons. The van der Waals surface area contributed by atoms with Gasteiger partial charge >= 0.3 is 0 Å². The smallest absolute Gasteiger partial charge is 0.120 e. The molecule has 0 unspecified atom stereocenters. The Morgan fingerprint density at radius 2 is 1.65 bits per heavy atom. The van der Waals surface area contributed by atoms with Crippen LogP contribution in [0.25, 0.3) is 11.1 Å². The van der Waals surface area contributed by atoms with Gasteiger partial charge in [-0.25, -0.2) is 0 Å². The number of hydrogen-bond donors (Lipinski definition) is 2. The van der Waals surface area contributed by atoms with Gasteiger partial charge in [0.1, 0.15) is 5.71 Å². The molecule has 0 radical (unpaired) electrons. The van der Waals surface area contributed by atoms with Crippen molar-refractivity contribution in [3.63, 3.8) is 0 Å². The van der Waals surface area contributed by atoms with E-state index in [4.69, 9.17) is 0 Å². The van der Waals surface area contributed by atoms with Crippen molar-refractivity contribution >= 4 is 11.4 Å². The maximum absolute atomic E-state index is 9.24. The van der Waals surface area contributed by atoms with Gasteiger partial charge < -0.3 is 10.5 Å². The summed E-state index contributed by atoms with van der Waals surface area (Å²) in [5.41, 5.74) is 5.80. The predicted octanol–water partition coefficient (Wildman–Crippen LogP) is 2.94. The van der Waals surface area contributed by atoms with Crippen LogP contribution < -0.4 is 5.32 Å². The topological polar surface area (TPSA) is 44.6 Å². The highest BCUT2D eigenvalue weighted by Crippen LogP contribution is 2.40. The number of oxime groups is 1. The largest absolute Gasteiger partial charge is 0.410 e. The molecule has 0 bridgehead atoms. The number of hydrogen-bond acceptors (Lipinski definition) is 3. The zero-order valence-electron chi connectivity index (χ0n) is 9.44. The minimum Gasteiger partial charge on any atom is -0.410 e. The molecular formula is C14H12N2O. The summed E-state index contributed by atoms with van der Waals surface area (Å²) in [7, 11) is 1.87. The maximum Gasteiger partial charge on any atom is 0.120 e. The van der Waals surface area contributed by atoms with Crippen molar-refractivity contribution in [1.82, 2.24) is 0 Å². The summed E-state index contributed by atoms with van der Waals surface area (Å²) in [5.74, 6) is 0. The lowest BCUT2D eigenvalue weighted by molar-refractivity contribution is 0.320. The quantitative estimate of drug-likeness (QED) is 0.493. The molecule has 0 atom stereocenters. The number of anilines is 1. The zero-order valence-corrected chi connectivity index (χ0v) is 9.44. The minimum absolute atomic E-state index is 0.639. The van der Waals surface area contributed by atoms with Gasteiger partial charge in [0, 0.05) is 23.9 Å². The van der Waals surface area contributed by atoms with Gasteiger partial charge in [0.2, 0.25) is 0 Å². The molecule has 3 heteroatoms. The molecule has 0 saturated heterocycles. The standard InChI is InChI=1S/C14H12N2O/c1-15-12-8-4-7-10-9-5-2-3-6-11(9)14(16-17)13(10)12/h2-8,15,17H,1H3/b16-14-. The summed E-state index contributed by atoms with van der Waals surface area (Å²) in [5, 5.41) is 15.8. The van der Waals surface area contributed by atoms with Crippen molar-refractivity contribution in [2.24, 2.45) is 5.16 Å². The molecule has 0 aromatic heterocycles. The van der Waals surface area contributed by atoms with Gasteiger partial charge in [0.25, 0.3) is 0 Å². The van der Waals surface area contributed by atoms with E-state index in [1.807, 2.05) is 49.5 Å². The number of benzene rings is 2. The van der Waals surface area contributed by atoms with E-state index in [0.717, 1.165) is 27.9 Å². The highest BCUT2D eigenvalue weighted by molar-refractivity contribution is 6.26. The normalized spacial score (nSPS) is 14.5. The molecule has 0 spiro atoms. The second-order valence-electron chi connectivity index (χ2n) is 3.97. The second kappa shape index (κ2) is 3.63. The summed E-state index contributed by atoms with van der Waals surface area (Å²) in [6.45, 7) is 0. The lowest BCUT2D eigenvalue weighted by Crippen LogP contribution is -2.02. The minimum atomic E-state index is 0.639. The van der Waals surface area contributed by atoms with Crippen molar-refractivity contribution in [1.29, 1.82) is 0 Å².